The number of anilines is 3. The standard InChI is InChI=1S/C21H18Cl2N2O2/c1-27-16-8-4-7-15(13-16)24-20(26)12-14-6-2-3-11-19(14)25-21-17(22)9-5-10-18(21)23/h2-11,13,25H,12H2,1H3,(H,24,26). The van der Waals surface area contributed by atoms with E-state index >= 15 is 0 Å². The predicted molar refractivity (Wildman–Crippen MR) is 112 cm³/mol. The third-order valence-electron chi connectivity index (χ3n) is 3.94. The van der Waals surface area contributed by atoms with Crippen molar-refractivity contribution in [3.8, 4) is 5.75 Å². The molecule has 0 aliphatic heterocycles. The van der Waals surface area contributed by atoms with Crippen LogP contribution in [0, 0.1) is 0 Å². The Kier molecular flexibility index (Phi) is 6.22. The van der Waals surface area contributed by atoms with E-state index in [2.05, 4.69) is 10.6 Å². The zero-order valence-corrected chi connectivity index (χ0v) is 16.1. The van der Waals surface area contributed by atoms with Crippen LogP contribution in [0.2, 0.25) is 10.0 Å². The lowest BCUT2D eigenvalue weighted by Crippen LogP contribution is -2.15. The number of rotatable bonds is 6. The van der Waals surface area contributed by atoms with E-state index in [4.69, 9.17) is 27.9 Å². The summed E-state index contributed by atoms with van der Waals surface area (Å²) in [5.41, 5.74) is 2.89. The normalized spacial score (nSPS) is 10.3. The van der Waals surface area contributed by atoms with Crippen molar-refractivity contribution in [2.75, 3.05) is 17.7 Å². The molecule has 0 aliphatic rings. The number of halogens is 2. The summed E-state index contributed by atoms with van der Waals surface area (Å²) in [4.78, 5) is 12.5. The quantitative estimate of drug-likeness (QED) is 0.539. The highest BCUT2D eigenvalue weighted by atomic mass is 35.5. The fraction of sp³-hybridized carbons (Fsp3) is 0.0952. The van der Waals surface area contributed by atoms with Gasteiger partial charge in [0, 0.05) is 17.4 Å². The Morgan fingerprint density at radius 1 is 0.963 bits per heavy atom. The second-order valence-corrected chi connectivity index (χ2v) is 6.65. The third kappa shape index (κ3) is 4.94. The number of para-hydroxylation sites is 2. The molecule has 0 bridgehead atoms. The van der Waals surface area contributed by atoms with Gasteiger partial charge in [-0.15, -0.1) is 0 Å². The van der Waals surface area contributed by atoms with Gasteiger partial charge >= 0.3 is 0 Å². The van der Waals surface area contributed by atoms with Crippen LogP contribution in [0.3, 0.4) is 0 Å². The van der Waals surface area contributed by atoms with Crippen LogP contribution < -0.4 is 15.4 Å². The first kappa shape index (κ1) is 19.1. The maximum Gasteiger partial charge on any atom is 0.228 e. The highest BCUT2D eigenvalue weighted by molar-refractivity contribution is 6.39. The number of ether oxygens (including phenoxy) is 1. The number of hydrogen-bond donors (Lipinski definition) is 2. The van der Waals surface area contributed by atoms with Crippen molar-refractivity contribution >= 4 is 46.2 Å². The SMILES string of the molecule is COc1cccc(NC(=O)Cc2ccccc2Nc2c(Cl)cccc2Cl)c1. The minimum absolute atomic E-state index is 0.136. The van der Waals surface area contributed by atoms with Gasteiger partial charge in [-0.05, 0) is 35.9 Å². The van der Waals surface area contributed by atoms with Crippen LogP contribution in [0.4, 0.5) is 17.1 Å². The molecule has 2 N–H and O–H groups in total. The Labute approximate surface area is 168 Å². The van der Waals surface area contributed by atoms with Crippen molar-refractivity contribution in [2.45, 2.75) is 6.42 Å². The van der Waals surface area contributed by atoms with E-state index in [0.717, 1.165) is 11.3 Å². The highest BCUT2D eigenvalue weighted by Gasteiger charge is 2.11. The Bertz CT molecular complexity index is 940. The second kappa shape index (κ2) is 8.80. The summed E-state index contributed by atoms with van der Waals surface area (Å²) in [6.07, 6.45) is 0.197. The summed E-state index contributed by atoms with van der Waals surface area (Å²) in [6.45, 7) is 0. The first-order chi connectivity index (χ1) is 13.1. The molecule has 6 heteroatoms. The molecular weight excluding hydrogens is 383 g/mol. The van der Waals surface area contributed by atoms with Gasteiger partial charge in [-0.25, -0.2) is 0 Å². The molecule has 0 spiro atoms. The Hall–Kier alpha value is -2.69. The Morgan fingerprint density at radius 2 is 1.67 bits per heavy atom. The van der Waals surface area contributed by atoms with Gasteiger partial charge in [0.2, 0.25) is 5.91 Å². The fourth-order valence-electron chi connectivity index (χ4n) is 2.63. The van der Waals surface area contributed by atoms with Gasteiger partial charge in [0.15, 0.2) is 0 Å². The van der Waals surface area contributed by atoms with Crippen LogP contribution >= 0.6 is 23.2 Å². The van der Waals surface area contributed by atoms with Crippen LogP contribution in [-0.2, 0) is 11.2 Å². The molecule has 0 unspecified atom stereocenters. The van der Waals surface area contributed by atoms with Crippen LogP contribution in [0.25, 0.3) is 0 Å². The molecule has 138 valence electrons. The monoisotopic (exact) mass is 400 g/mol. The van der Waals surface area contributed by atoms with Crippen LogP contribution in [0.1, 0.15) is 5.56 Å². The molecule has 3 aromatic carbocycles. The van der Waals surface area contributed by atoms with E-state index in [1.165, 1.54) is 0 Å². The molecule has 0 heterocycles. The molecule has 0 radical (unpaired) electrons. The van der Waals surface area contributed by atoms with E-state index in [1.807, 2.05) is 42.5 Å². The van der Waals surface area contributed by atoms with Crippen LogP contribution in [0.15, 0.2) is 66.7 Å². The largest absolute Gasteiger partial charge is 0.497 e. The van der Waals surface area contributed by atoms with Gasteiger partial charge in [-0.1, -0.05) is 53.5 Å². The predicted octanol–water partition coefficient (Wildman–Crippen LogP) is 5.93. The highest BCUT2D eigenvalue weighted by Crippen LogP contribution is 2.33. The fourth-order valence-corrected chi connectivity index (χ4v) is 3.12. The third-order valence-corrected chi connectivity index (χ3v) is 4.57. The lowest BCUT2D eigenvalue weighted by atomic mass is 10.1. The molecule has 4 nitrogen and oxygen atoms in total. The van der Waals surface area contributed by atoms with Crippen LogP contribution in [-0.4, -0.2) is 13.0 Å². The molecule has 3 rings (SSSR count). The average Bonchev–Trinajstić information content (AvgIpc) is 2.66. The molecular formula is C21H18Cl2N2O2. The Balaban J connectivity index is 1.76. The number of carbonyl (C=O) groups is 1. The number of nitrogens with one attached hydrogen (secondary N) is 2. The van der Waals surface area contributed by atoms with Gasteiger partial charge in [0.1, 0.15) is 5.75 Å². The summed E-state index contributed by atoms with van der Waals surface area (Å²) in [7, 11) is 1.59. The zero-order chi connectivity index (χ0) is 19.2. The summed E-state index contributed by atoms with van der Waals surface area (Å²) < 4.78 is 5.18. The lowest BCUT2D eigenvalue weighted by molar-refractivity contribution is -0.115. The second-order valence-electron chi connectivity index (χ2n) is 5.84. The molecule has 0 aliphatic carbocycles. The first-order valence-corrected chi connectivity index (χ1v) is 9.05. The van der Waals surface area contributed by atoms with Gasteiger partial charge in [-0.3, -0.25) is 4.79 Å². The van der Waals surface area contributed by atoms with E-state index in [1.54, 1.807) is 31.4 Å². The Morgan fingerprint density at radius 3 is 2.41 bits per heavy atom. The topological polar surface area (TPSA) is 50.4 Å². The van der Waals surface area contributed by atoms with Gasteiger partial charge in [-0.2, -0.15) is 0 Å². The number of amides is 1. The number of methoxy groups -OCH3 is 1. The van der Waals surface area contributed by atoms with Crippen molar-refractivity contribution in [3.63, 3.8) is 0 Å². The lowest BCUT2D eigenvalue weighted by Gasteiger charge is -2.14. The van der Waals surface area contributed by atoms with Crippen LogP contribution in [0.5, 0.6) is 5.75 Å². The van der Waals surface area contributed by atoms with Crippen molar-refractivity contribution in [3.05, 3.63) is 82.3 Å². The minimum Gasteiger partial charge on any atom is -0.497 e. The van der Waals surface area contributed by atoms with E-state index in [-0.39, 0.29) is 12.3 Å². The van der Waals surface area contributed by atoms with Crippen molar-refractivity contribution in [1.29, 1.82) is 0 Å². The van der Waals surface area contributed by atoms with Crippen molar-refractivity contribution < 1.29 is 9.53 Å². The maximum atomic E-state index is 12.5. The van der Waals surface area contributed by atoms with E-state index in [0.29, 0.717) is 27.2 Å². The minimum atomic E-state index is -0.136. The summed E-state index contributed by atoms with van der Waals surface area (Å²) >= 11 is 12.5. The molecule has 27 heavy (non-hydrogen) atoms. The maximum absolute atomic E-state index is 12.5. The van der Waals surface area contributed by atoms with Crippen molar-refractivity contribution in [2.24, 2.45) is 0 Å². The smallest absolute Gasteiger partial charge is 0.228 e. The van der Waals surface area contributed by atoms with Gasteiger partial charge < -0.3 is 15.4 Å². The summed E-state index contributed by atoms with van der Waals surface area (Å²) in [5.74, 6) is 0.547. The molecule has 0 aromatic heterocycles. The molecule has 0 fully saturated rings. The molecule has 0 atom stereocenters. The molecule has 1 amide bonds. The zero-order valence-electron chi connectivity index (χ0n) is 14.6. The molecule has 0 saturated carbocycles. The van der Waals surface area contributed by atoms with E-state index < -0.39 is 0 Å². The summed E-state index contributed by atoms with van der Waals surface area (Å²) in [5, 5.41) is 7.14. The molecule has 3 aromatic rings. The first-order valence-electron chi connectivity index (χ1n) is 8.29. The summed E-state index contributed by atoms with van der Waals surface area (Å²) in [6, 6.07) is 20.1. The van der Waals surface area contributed by atoms with Gasteiger partial charge in [0.05, 0.1) is 29.3 Å². The number of carbonyl (C=O) groups excluding carboxylic acids is 1. The number of hydrogen-bond acceptors (Lipinski definition) is 3. The molecule has 0 saturated heterocycles. The average molecular weight is 401 g/mol. The van der Waals surface area contributed by atoms with Gasteiger partial charge in [0.25, 0.3) is 0 Å². The van der Waals surface area contributed by atoms with Crippen molar-refractivity contribution in [1.82, 2.24) is 0 Å². The number of benzene rings is 3. The van der Waals surface area contributed by atoms with E-state index in [9.17, 15) is 4.79 Å².